The van der Waals surface area contributed by atoms with Gasteiger partial charge in [-0.05, 0) is 13.8 Å². The summed E-state index contributed by atoms with van der Waals surface area (Å²) in [5, 5.41) is 2.73. The lowest BCUT2D eigenvalue weighted by Gasteiger charge is -2.21. The second-order valence-electron chi connectivity index (χ2n) is 3.58. The molecule has 1 rings (SSSR count). The largest absolute Gasteiger partial charge is 0.368 e. The van der Waals surface area contributed by atoms with E-state index in [2.05, 4.69) is 20.7 Å². The van der Waals surface area contributed by atoms with Crippen LogP contribution in [0.3, 0.4) is 0 Å². The highest BCUT2D eigenvalue weighted by Gasteiger charge is 2.12. The van der Waals surface area contributed by atoms with Crippen molar-refractivity contribution in [3.63, 3.8) is 0 Å². The summed E-state index contributed by atoms with van der Waals surface area (Å²) in [6.07, 6.45) is 0. The van der Waals surface area contributed by atoms with E-state index in [0.29, 0.717) is 24.7 Å². The molecule has 0 aromatic carbocycles. The number of hydrazine groups is 1. The van der Waals surface area contributed by atoms with Gasteiger partial charge in [0.15, 0.2) is 0 Å². The van der Waals surface area contributed by atoms with E-state index >= 15 is 0 Å². The van der Waals surface area contributed by atoms with Crippen molar-refractivity contribution in [3.8, 4) is 0 Å². The van der Waals surface area contributed by atoms with E-state index in [-0.39, 0.29) is 18.4 Å². The van der Waals surface area contributed by atoms with Gasteiger partial charge in [0.2, 0.25) is 11.9 Å². The first-order chi connectivity index (χ1) is 8.60. The van der Waals surface area contributed by atoms with Crippen LogP contribution in [0.4, 0.5) is 17.6 Å². The lowest BCUT2D eigenvalue weighted by Crippen LogP contribution is -2.37. The molecule has 0 spiro atoms. The van der Waals surface area contributed by atoms with Crippen LogP contribution in [0.2, 0.25) is 0 Å². The number of rotatable bonds is 6. The molecule has 0 bridgehead atoms. The zero-order valence-corrected chi connectivity index (χ0v) is 10.6. The molecule has 8 nitrogen and oxygen atoms in total. The number of hydrogen-bond acceptors (Lipinski definition) is 7. The van der Waals surface area contributed by atoms with E-state index in [0.717, 1.165) is 0 Å². The smallest absolute Gasteiger partial charge is 0.239 e. The Morgan fingerprint density at radius 2 is 2.17 bits per heavy atom. The van der Waals surface area contributed by atoms with Gasteiger partial charge in [-0.15, -0.1) is 0 Å². The molecule has 0 atom stereocenters. The minimum atomic E-state index is -0.0706. The molecule has 0 aliphatic rings. The Morgan fingerprint density at radius 1 is 1.44 bits per heavy atom. The maximum atomic E-state index is 11.6. The number of nitrogens with two attached hydrogens (primary N) is 2. The Kier molecular flexibility index (Phi) is 5.12. The number of aromatic nitrogens is 2. The third kappa shape index (κ3) is 3.74. The highest BCUT2D eigenvalue weighted by atomic mass is 16.2. The Balaban J connectivity index is 2.87. The number of carbonyl (C=O) groups is 1. The summed E-state index contributed by atoms with van der Waals surface area (Å²) in [5.41, 5.74) is 7.98. The molecular formula is C10H19N7O. The Morgan fingerprint density at radius 3 is 2.72 bits per heavy atom. The Bertz CT molecular complexity index is 409. The summed E-state index contributed by atoms with van der Waals surface area (Å²) in [6, 6.07) is 1.64. The van der Waals surface area contributed by atoms with Gasteiger partial charge in [0, 0.05) is 19.2 Å². The number of amides is 1. The van der Waals surface area contributed by atoms with Crippen molar-refractivity contribution in [2.24, 2.45) is 5.84 Å². The molecule has 0 fully saturated rings. The van der Waals surface area contributed by atoms with Gasteiger partial charge in [-0.2, -0.15) is 9.97 Å². The Hall–Kier alpha value is -2.09. The van der Waals surface area contributed by atoms with Crippen molar-refractivity contribution in [1.29, 1.82) is 0 Å². The van der Waals surface area contributed by atoms with Crippen molar-refractivity contribution in [3.05, 3.63) is 6.07 Å². The molecule has 0 aliphatic heterocycles. The molecule has 100 valence electrons. The molecule has 0 aliphatic carbocycles. The maximum Gasteiger partial charge on any atom is 0.239 e. The van der Waals surface area contributed by atoms with Crippen LogP contribution in [0.25, 0.3) is 0 Å². The van der Waals surface area contributed by atoms with Gasteiger partial charge in [0.05, 0.1) is 6.54 Å². The maximum absolute atomic E-state index is 11.6. The van der Waals surface area contributed by atoms with Crippen molar-refractivity contribution < 1.29 is 4.79 Å². The van der Waals surface area contributed by atoms with Crippen LogP contribution in [-0.4, -0.2) is 35.5 Å². The number of nitrogens with one attached hydrogen (secondary N) is 2. The number of hydrogen-bond donors (Lipinski definition) is 4. The predicted octanol–water partition coefficient (Wildman–Crippen LogP) is -0.693. The van der Waals surface area contributed by atoms with E-state index in [1.165, 1.54) is 0 Å². The molecule has 1 aromatic heterocycles. The van der Waals surface area contributed by atoms with Crippen LogP contribution in [0.1, 0.15) is 13.8 Å². The van der Waals surface area contributed by atoms with Crippen LogP contribution in [0, 0.1) is 0 Å². The van der Waals surface area contributed by atoms with Crippen molar-refractivity contribution in [2.75, 3.05) is 35.7 Å². The van der Waals surface area contributed by atoms with Gasteiger partial charge >= 0.3 is 0 Å². The summed E-state index contributed by atoms with van der Waals surface area (Å²) in [5.74, 6) is 6.29. The van der Waals surface area contributed by atoms with E-state index < -0.39 is 0 Å². The molecule has 1 heterocycles. The minimum Gasteiger partial charge on any atom is -0.368 e. The first-order valence-electron chi connectivity index (χ1n) is 5.73. The summed E-state index contributed by atoms with van der Waals surface area (Å²) in [7, 11) is 0. The standard InChI is InChI=1S/C10H19N7O/c1-3-13-9(18)6-17(4-2)8-5-7(16-12)14-10(11)15-8/h5H,3-4,6,12H2,1-2H3,(H,13,18)(H3,11,14,15,16). The monoisotopic (exact) mass is 253 g/mol. The van der Waals surface area contributed by atoms with Crippen LogP contribution >= 0.6 is 0 Å². The first-order valence-corrected chi connectivity index (χ1v) is 5.73. The molecule has 6 N–H and O–H groups in total. The van der Waals surface area contributed by atoms with E-state index in [4.69, 9.17) is 11.6 Å². The number of carbonyl (C=O) groups excluding carboxylic acids is 1. The summed E-state index contributed by atoms with van der Waals surface area (Å²) in [4.78, 5) is 21.3. The molecule has 1 aromatic rings. The van der Waals surface area contributed by atoms with E-state index in [1.807, 2.05) is 13.8 Å². The normalized spacial score (nSPS) is 9.94. The number of nitrogen functional groups attached to an aromatic ring is 2. The number of likely N-dealkylation sites (N-methyl/N-ethyl adjacent to an activating group) is 2. The van der Waals surface area contributed by atoms with Gasteiger partial charge < -0.3 is 21.4 Å². The quantitative estimate of drug-likeness (QED) is 0.391. The SMILES string of the molecule is CCNC(=O)CN(CC)c1cc(NN)nc(N)n1. The number of nitrogens with zero attached hydrogens (tertiary/aromatic N) is 3. The summed E-state index contributed by atoms with van der Waals surface area (Å²) in [6.45, 7) is 5.22. The summed E-state index contributed by atoms with van der Waals surface area (Å²) < 4.78 is 0. The zero-order chi connectivity index (χ0) is 13.5. The number of anilines is 3. The minimum absolute atomic E-state index is 0.0706. The third-order valence-electron chi connectivity index (χ3n) is 2.29. The zero-order valence-electron chi connectivity index (χ0n) is 10.6. The molecule has 0 unspecified atom stereocenters. The average Bonchev–Trinajstić information content (AvgIpc) is 2.35. The summed E-state index contributed by atoms with van der Waals surface area (Å²) >= 11 is 0. The lowest BCUT2D eigenvalue weighted by atomic mass is 10.4. The topological polar surface area (TPSA) is 122 Å². The van der Waals surface area contributed by atoms with Gasteiger partial charge in [-0.1, -0.05) is 0 Å². The fraction of sp³-hybridized carbons (Fsp3) is 0.500. The van der Waals surface area contributed by atoms with Crippen molar-refractivity contribution >= 4 is 23.5 Å². The molecule has 0 radical (unpaired) electrons. The van der Waals surface area contributed by atoms with Gasteiger partial charge in [0.1, 0.15) is 11.6 Å². The van der Waals surface area contributed by atoms with Gasteiger partial charge in [-0.3, -0.25) is 4.79 Å². The third-order valence-corrected chi connectivity index (χ3v) is 2.29. The highest BCUT2D eigenvalue weighted by molar-refractivity contribution is 5.81. The second kappa shape index (κ2) is 6.60. The fourth-order valence-corrected chi connectivity index (χ4v) is 1.47. The van der Waals surface area contributed by atoms with E-state index in [9.17, 15) is 4.79 Å². The fourth-order valence-electron chi connectivity index (χ4n) is 1.47. The van der Waals surface area contributed by atoms with Crippen LogP contribution in [-0.2, 0) is 4.79 Å². The van der Waals surface area contributed by atoms with Crippen molar-refractivity contribution in [2.45, 2.75) is 13.8 Å². The average molecular weight is 253 g/mol. The molecule has 1 amide bonds. The highest BCUT2D eigenvalue weighted by Crippen LogP contribution is 2.15. The molecule has 18 heavy (non-hydrogen) atoms. The van der Waals surface area contributed by atoms with Crippen LogP contribution in [0.5, 0.6) is 0 Å². The molecule has 0 saturated carbocycles. The Labute approximate surface area is 106 Å². The molecule has 0 saturated heterocycles. The molecule has 8 heteroatoms. The second-order valence-corrected chi connectivity index (χ2v) is 3.58. The predicted molar refractivity (Wildman–Crippen MR) is 70.8 cm³/mol. The first kappa shape index (κ1) is 14.0. The lowest BCUT2D eigenvalue weighted by molar-refractivity contribution is -0.119. The molecular weight excluding hydrogens is 234 g/mol. The van der Waals surface area contributed by atoms with Crippen LogP contribution < -0.4 is 27.2 Å². The van der Waals surface area contributed by atoms with E-state index in [1.54, 1.807) is 11.0 Å². The van der Waals surface area contributed by atoms with Crippen molar-refractivity contribution in [1.82, 2.24) is 15.3 Å². The van der Waals surface area contributed by atoms with Gasteiger partial charge in [0.25, 0.3) is 0 Å². The van der Waals surface area contributed by atoms with Crippen LogP contribution in [0.15, 0.2) is 6.07 Å². The van der Waals surface area contributed by atoms with Gasteiger partial charge in [-0.25, -0.2) is 5.84 Å².